The molecule has 2 nitrogen and oxygen atoms in total. The van der Waals surface area contributed by atoms with Gasteiger partial charge in [-0.25, -0.2) is 0 Å². The summed E-state index contributed by atoms with van der Waals surface area (Å²) in [6.07, 6.45) is 2.53. The molecular weight excluding hydrogens is 275 g/mol. The highest BCUT2D eigenvalue weighted by atomic mass is 35.5. The van der Waals surface area contributed by atoms with Crippen LogP contribution in [0.15, 0.2) is 6.07 Å². The van der Waals surface area contributed by atoms with Crippen molar-refractivity contribution in [1.82, 2.24) is 10.2 Å². The van der Waals surface area contributed by atoms with E-state index in [0.29, 0.717) is 12.1 Å². The molecule has 1 aliphatic heterocycles. The Morgan fingerprint density at radius 2 is 2.35 bits per heavy atom. The van der Waals surface area contributed by atoms with E-state index < -0.39 is 0 Å². The van der Waals surface area contributed by atoms with Crippen LogP contribution in [0.5, 0.6) is 0 Å². The maximum atomic E-state index is 6.23. The number of likely N-dealkylation sites (tertiary alicyclic amines) is 1. The maximum absolute atomic E-state index is 6.23. The van der Waals surface area contributed by atoms with E-state index in [4.69, 9.17) is 23.2 Å². The summed E-state index contributed by atoms with van der Waals surface area (Å²) < 4.78 is 1.61. The van der Waals surface area contributed by atoms with Crippen LogP contribution in [0.2, 0.25) is 8.67 Å². The Labute approximate surface area is 117 Å². The molecule has 0 saturated carbocycles. The third-order valence-corrected chi connectivity index (χ3v) is 5.01. The summed E-state index contributed by atoms with van der Waals surface area (Å²) in [6, 6.07) is 2.98. The Hall–Kier alpha value is 0.200. The second kappa shape index (κ2) is 5.89. The Morgan fingerprint density at radius 3 is 2.94 bits per heavy atom. The van der Waals surface area contributed by atoms with Crippen LogP contribution in [0.3, 0.4) is 0 Å². The number of halogens is 2. The van der Waals surface area contributed by atoms with Crippen molar-refractivity contribution in [2.75, 3.05) is 20.1 Å². The van der Waals surface area contributed by atoms with Gasteiger partial charge >= 0.3 is 0 Å². The minimum atomic E-state index is 0.354. The van der Waals surface area contributed by atoms with Gasteiger partial charge in [0.1, 0.15) is 0 Å². The number of rotatable bonds is 4. The minimum absolute atomic E-state index is 0.354. The highest BCUT2D eigenvalue weighted by Gasteiger charge is 2.30. The van der Waals surface area contributed by atoms with Crippen molar-refractivity contribution in [3.8, 4) is 0 Å². The number of thiophene rings is 1. The molecule has 1 N–H and O–H groups in total. The number of hydrogen-bond acceptors (Lipinski definition) is 3. The van der Waals surface area contributed by atoms with Gasteiger partial charge in [0.05, 0.1) is 8.67 Å². The van der Waals surface area contributed by atoms with E-state index in [0.717, 1.165) is 21.8 Å². The van der Waals surface area contributed by atoms with E-state index in [9.17, 15) is 0 Å². The van der Waals surface area contributed by atoms with Crippen molar-refractivity contribution in [1.29, 1.82) is 0 Å². The van der Waals surface area contributed by atoms with E-state index in [1.807, 2.05) is 13.1 Å². The largest absolute Gasteiger partial charge is 0.318 e. The molecule has 2 rings (SSSR count). The van der Waals surface area contributed by atoms with Gasteiger partial charge in [-0.3, -0.25) is 4.90 Å². The fourth-order valence-corrected chi connectivity index (χ4v) is 4.27. The first kappa shape index (κ1) is 13.6. The molecule has 1 aromatic rings. The first-order chi connectivity index (χ1) is 8.13. The zero-order valence-electron chi connectivity index (χ0n) is 10.2. The summed E-state index contributed by atoms with van der Waals surface area (Å²) in [5.41, 5.74) is 1.17. The molecule has 2 heterocycles. The van der Waals surface area contributed by atoms with Crippen molar-refractivity contribution in [2.24, 2.45) is 0 Å². The molecule has 0 amide bonds. The van der Waals surface area contributed by atoms with E-state index in [2.05, 4.69) is 17.1 Å². The lowest BCUT2D eigenvalue weighted by Crippen LogP contribution is -2.38. The van der Waals surface area contributed by atoms with Crippen molar-refractivity contribution in [3.63, 3.8) is 0 Å². The fourth-order valence-electron chi connectivity index (χ4n) is 2.64. The summed E-state index contributed by atoms with van der Waals surface area (Å²) in [5, 5.41) is 3.27. The van der Waals surface area contributed by atoms with Crippen LogP contribution in [0, 0.1) is 0 Å². The molecule has 2 unspecified atom stereocenters. The Bertz CT molecular complexity index is 381. The van der Waals surface area contributed by atoms with Crippen molar-refractivity contribution in [3.05, 3.63) is 20.3 Å². The zero-order valence-corrected chi connectivity index (χ0v) is 12.5. The fraction of sp³-hybridized carbons (Fsp3) is 0.667. The molecule has 96 valence electrons. The van der Waals surface area contributed by atoms with Gasteiger partial charge in [0, 0.05) is 24.2 Å². The second-order valence-electron chi connectivity index (χ2n) is 4.55. The molecular formula is C12H18Cl2N2S. The Kier molecular flexibility index (Phi) is 4.72. The molecule has 5 heteroatoms. The first-order valence-electron chi connectivity index (χ1n) is 5.98. The van der Waals surface area contributed by atoms with Gasteiger partial charge in [0.2, 0.25) is 0 Å². The molecule has 0 aromatic carbocycles. The second-order valence-corrected chi connectivity index (χ2v) is 6.83. The topological polar surface area (TPSA) is 15.3 Å². The molecule has 1 fully saturated rings. The third kappa shape index (κ3) is 2.96. The summed E-state index contributed by atoms with van der Waals surface area (Å²) in [7, 11) is 2.01. The van der Waals surface area contributed by atoms with Gasteiger partial charge in [-0.15, -0.1) is 11.3 Å². The van der Waals surface area contributed by atoms with E-state index >= 15 is 0 Å². The molecule has 0 spiro atoms. The summed E-state index contributed by atoms with van der Waals surface area (Å²) in [5.74, 6) is 0. The van der Waals surface area contributed by atoms with Crippen LogP contribution in [0.4, 0.5) is 0 Å². The quantitative estimate of drug-likeness (QED) is 0.908. The number of hydrogen-bond donors (Lipinski definition) is 1. The van der Waals surface area contributed by atoms with E-state index in [-0.39, 0.29) is 0 Å². The van der Waals surface area contributed by atoms with Crippen LogP contribution in [-0.2, 0) is 0 Å². The summed E-state index contributed by atoms with van der Waals surface area (Å²) in [4.78, 5) is 2.53. The summed E-state index contributed by atoms with van der Waals surface area (Å²) in [6.45, 7) is 4.41. The van der Waals surface area contributed by atoms with E-state index in [1.165, 1.54) is 29.7 Å². The first-order valence-corrected chi connectivity index (χ1v) is 7.55. The SMILES string of the molecule is CNCC1CCCN1C(C)c1cc(Cl)sc1Cl. The van der Waals surface area contributed by atoms with Gasteiger partial charge in [-0.05, 0) is 39.4 Å². The zero-order chi connectivity index (χ0) is 12.4. The van der Waals surface area contributed by atoms with Crippen LogP contribution in [-0.4, -0.2) is 31.1 Å². The normalized spacial score (nSPS) is 23.2. The molecule has 0 bridgehead atoms. The molecule has 1 aromatic heterocycles. The lowest BCUT2D eigenvalue weighted by atomic mass is 10.1. The van der Waals surface area contributed by atoms with Gasteiger partial charge in [-0.2, -0.15) is 0 Å². The summed E-state index contributed by atoms with van der Waals surface area (Å²) >= 11 is 13.7. The number of likely N-dealkylation sites (N-methyl/N-ethyl adjacent to an activating group) is 1. The maximum Gasteiger partial charge on any atom is 0.0991 e. The highest BCUT2D eigenvalue weighted by molar-refractivity contribution is 7.20. The van der Waals surface area contributed by atoms with Crippen LogP contribution < -0.4 is 5.32 Å². The molecule has 17 heavy (non-hydrogen) atoms. The van der Waals surface area contributed by atoms with Crippen molar-refractivity contribution < 1.29 is 0 Å². The average molecular weight is 293 g/mol. The number of nitrogens with one attached hydrogen (secondary N) is 1. The average Bonchev–Trinajstić information content (AvgIpc) is 2.85. The molecule has 2 atom stereocenters. The predicted octanol–water partition coefficient (Wildman–Crippen LogP) is 3.80. The monoisotopic (exact) mass is 292 g/mol. The molecule has 1 aliphatic rings. The van der Waals surface area contributed by atoms with Crippen LogP contribution in [0.25, 0.3) is 0 Å². The standard InChI is InChI=1S/C12H18Cl2N2S/c1-8(10-6-11(13)17-12(10)14)16-5-3-4-9(16)7-15-2/h6,8-9,15H,3-5,7H2,1-2H3. The van der Waals surface area contributed by atoms with Gasteiger partial charge in [0.15, 0.2) is 0 Å². The lowest BCUT2D eigenvalue weighted by Gasteiger charge is -2.30. The van der Waals surface area contributed by atoms with Gasteiger partial charge in [-0.1, -0.05) is 23.2 Å². The third-order valence-electron chi connectivity index (χ3n) is 3.49. The van der Waals surface area contributed by atoms with Crippen molar-refractivity contribution in [2.45, 2.75) is 31.8 Å². The smallest absolute Gasteiger partial charge is 0.0991 e. The highest BCUT2D eigenvalue weighted by Crippen LogP contribution is 2.39. The van der Waals surface area contributed by atoms with Crippen molar-refractivity contribution >= 4 is 34.5 Å². The van der Waals surface area contributed by atoms with E-state index in [1.54, 1.807) is 0 Å². The Balaban J connectivity index is 2.13. The van der Waals surface area contributed by atoms with Crippen LogP contribution >= 0.6 is 34.5 Å². The van der Waals surface area contributed by atoms with Crippen LogP contribution in [0.1, 0.15) is 31.4 Å². The molecule has 0 radical (unpaired) electrons. The molecule has 0 aliphatic carbocycles. The number of nitrogens with zero attached hydrogens (tertiary/aromatic N) is 1. The van der Waals surface area contributed by atoms with Gasteiger partial charge in [0.25, 0.3) is 0 Å². The Morgan fingerprint density at radius 1 is 1.59 bits per heavy atom. The minimum Gasteiger partial charge on any atom is -0.318 e. The lowest BCUT2D eigenvalue weighted by molar-refractivity contribution is 0.191. The van der Waals surface area contributed by atoms with Gasteiger partial charge < -0.3 is 5.32 Å². The molecule has 1 saturated heterocycles. The predicted molar refractivity (Wildman–Crippen MR) is 76.4 cm³/mol.